The number of hydrogen-bond donors (Lipinski definition) is 1. The average Bonchev–Trinajstić information content (AvgIpc) is 3.43. The fourth-order valence-corrected chi connectivity index (χ4v) is 4.83. The van der Waals surface area contributed by atoms with Crippen molar-refractivity contribution < 1.29 is 9.32 Å². The van der Waals surface area contributed by atoms with E-state index in [-0.39, 0.29) is 11.9 Å². The maximum absolute atomic E-state index is 13.0. The van der Waals surface area contributed by atoms with E-state index in [2.05, 4.69) is 34.2 Å². The van der Waals surface area contributed by atoms with Crippen molar-refractivity contribution in [1.82, 2.24) is 24.9 Å². The molecule has 0 saturated carbocycles. The van der Waals surface area contributed by atoms with Crippen molar-refractivity contribution in [2.45, 2.75) is 52.2 Å². The molecular weight excluding hydrogens is 422 g/mol. The lowest BCUT2D eigenvalue weighted by Crippen LogP contribution is -2.47. The van der Waals surface area contributed by atoms with Gasteiger partial charge in [0.2, 0.25) is 0 Å². The molecule has 0 spiro atoms. The lowest BCUT2D eigenvalue weighted by atomic mass is 10.0. The minimum atomic E-state index is -0.0817. The van der Waals surface area contributed by atoms with Crippen LogP contribution in [0.5, 0.6) is 0 Å². The zero-order valence-electron chi connectivity index (χ0n) is 17.4. The maximum Gasteiger partial charge on any atom is 0.270 e. The highest BCUT2D eigenvalue weighted by atomic mass is 35.5. The summed E-state index contributed by atoms with van der Waals surface area (Å²) in [5, 5.41) is 7.35. The molecule has 160 valence electrons. The van der Waals surface area contributed by atoms with E-state index in [1.165, 1.54) is 11.3 Å². The van der Waals surface area contributed by atoms with Gasteiger partial charge >= 0.3 is 0 Å². The van der Waals surface area contributed by atoms with Gasteiger partial charge in [0.15, 0.2) is 5.76 Å². The third-order valence-corrected chi connectivity index (χ3v) is 6.78. The van der Waals surface area contributed by atoms with Crippen LogP contribution in [0.4, 0.5) is 0 Å². The number of thiophene rings is 1. The highest BCUT2D eigenvalue weighted by molar-refractivity contribution is 7.19. The first-order valence-electron chi connectivity index (χ1n) is 10.2. The summed E-state index contributed by atoms with van der Waals surface area (Å²) in [6, 6.07) is 6.35. The van der Waals surface area contributed by atoms with Crippen molar-refractivity contribution in [2.75, 3.05) is 13.1 Å². The standard InChI is InChI=1S/C21H26ClN5O2S/c1-13(2)26-8-6-15(7-9-26)24-21(28)20-14(3)23-12-27(20)11-16-10-17(29-25-16)18-4-5-19(22)30-18/h4-5,10,12-13,15H,6-9,11H2,1-3H3,(H,24,28). The lowest BCUT2D eigenvalue weighted by Gasteiger charge is -2.34. The van der Waals surface area contributed by atoms with Crippen LogP contribution in [0.3, 0.4) is 0 Å². The lowest BCUT2D eigenvalue weighted by molar-refractivity contribution is 0.0891. The fourth-order valence-electron chi connectivity index (χ4n) is 3.84. The number of hydrogen-bond acceptors (Lipinski definition) is 6. The van der Waals surface area contributed by atoms with E-state index >= 15 is 0 Å². The molecule has 0 unspecified atom stereocenters. The molecule has 0 bridgehead atoms. The van der Waals surface area contributed by atoms with Crippen molar-refractivity contribution in [3.05, 3.63) is 45.9 Å². The second-order valence-corrected chi connectivity index (χ2v) is 9.69. The Hall–Kier alpha value is -2.16. The van der Waals surface area contributed by atoms with E-state index in [1.807, 2.05) is 29.7 Å². The molecular formula is C21H26ClN5O2S. The fraction of sp³-hybridized carbons (Fsp3) is 0.476. The third-order valence-electron chi connectivity index (χ3n) is 5.54. The van der Waals surface area contributed by atoms with E-state index in [9.17, 15) is 4.79 Å². The molecule has 1 aliphatic rings. The first kappa shape index (κ1) is 21.1. The molecule has 1 amide bonds. The molecule has 0 radical (unpaired) electrons. The number of piperidine rings is 1. The van der Waals surface area contributed by atoms with Crippen LogP contribution in [0.2, 0.25) is 4.34 Å². The average molecular weight is 448 g/mol. The number of amides is 1. The van der Waals surface area contributed by atoms with Gasteiger partial charge in [0.05, 0.1) is 27.8 Å². The molecule has 9 heteroatoms. The smallest absolute Gasteiger partial charge is 0.270 e. The first-order chi connectivity index (χ1) is 14.4. The molecule has 0 aromatic carbocycles. The van der Waals surface area contributed by atoms with Gasteiger partial charge in [0.25, 0.3) is 5.91 Å². The van der Waals surface area contributed by atoms with E-state index in [1.54, 1.807) is 6.33 Å². The number of likely N-dealkylation sites (tertiary alicyclic amines) is 1. The summed E-state index contributed by atoms with van der Waals surface area (Å²) in [6.45, 7) is 8.71. The molecule has 30 heavy (non-hydrogen) atoms. The summed E-state index contributed by atoms with van der Waals surface area (Å²) in [7, 11) is 0. The molecule has 3 aromatic heterocycles. The zero-order valence-corrected chi connectivity index (χ0v) is 19.0. The molecule has 1 N–H and O–H groups in total. The van der Waals surface area contributed by atoms with Crippen molar-refractivity contribution in [1.29, 1.82) is 0 Å². The zero-order chi connectivity index (χ0) is 21.3. The maximum atomic E-state index is 13.0. The quantitative estimate of drug-likeness (QED) is 0.612. The van der Waals surface area contributed by atoms with Crippen LogP contribution in [0.15, 0.2) is 29.0 Å². The summed E-state index contributed by atoms with van der Waals surface area (Å²) in [5.41, 5.74) is 2.01. The normalized spacial score (nSPS) is 15.8. The van der Waals surface area contributed by atoms with Crippen LogP contribution in [0, 0.1) is 6.92 Å². The second kappa shape index (κ2) is 8.91. The van der Waals surface area contributed by atoms with Gasteiger partial charge in [0.1, 0.15) is 11.4 Å². The number of aryl methyl sites for hydroxylation is 1. The van der Waals surface area contributed by atoms with Crippen molar-refractivity contribution in [3.63, 3.8) is 0 Å². The van der Waals surface area contributed by atoms with Crippen LogP contribution < -0.4 is 5.32 Å². The number of rotatable bonds is 6. The Morgan fingerprint density at radius 2 is 2.13 bits per heavy atom. The number of halogens is 1. The molecule has 4 rings (SSSR count). The number of carbonyl (C=O) groups is 1. The Morgan fingerprint density at radius 1 is 1.37 bits per heavy atom. The predicted molar refractivity (Wildman–Crippen MR) is 118 cm³/mol. The van der Waals surface area contributed by atoms with Crippen molar-refractivity contribution >= 4 is 28.8 Å². The van der Waals surface area contributed by atoms with Crippen LogP contribution in [0.25, 0.3) is 10.6 Å². The molecule has 1 fully saturated rings. The van der Waals surface area contributed by atoms with E-state index < -0.39 is 0 Å². The molecule has 1 saturated heterocycles. The molecule has 0 aliphatic carbocycles. The summed E-state index contributed by atoms with van der Waals surface area (Å²) < 4.78 is 7.99. The summed E-state index contributed by atoms with van der Waals surface area (Å²) in [5.74, 6) is 0.586. The topological polar surface area (TPSA) is 76.2 Å². The molecule has 3 aromatic rings. The molecule has 4 heterocycles. The summed E-state index contributed by atoms with van der Waals surface area (Å²) in [4.78, 5) is 20.7. The number of aromatic nitrogens is 3. The largest absolute Gasteiger partial charge is 0.355 e. The Labute approximate surface area is 185 Å². The Bertz CT molecular complexity index is 1020. The van der Waals surface area contributed by atoms with Gasteiger partial charge in [-0.15, -0.1) is 11.3 Å². The SMILES string of the molecule is Cc1ncn(Cc2cc(-c3ccc(Cl)s3)on2)c1C(=O)NC1CCN(C(C)C)CC1. The number of nitrogens with zero attached hydrogens (tertiary/aromatic N) is 4. The number of nitrogens with one attached hydrogen (secondary N) is 1. The van der Waals surface area contributed by atoms with Gasteiger partial charge < -0.3 is 19.3 Å². The van der Waals surface area contributed by atoms with Crippen LogP contribution in [-0.2, 0) is 6.54 Å². The van der Waals surface area contributed by atoms with Crippen LogP contribution in [0.1, 0.15) is 48.6 Å². The van der Waals surface area contributed by atoms with Crippen LogP contribution in [-0.4, -0.2) is 50.7 Å². The number of imidazole rings is 1. The van der Waals surface area contributed by atoms with E-state index in [0.29, 0.717) is 34.1 Å². The predicted octanol–water partition coefficient (Wildman–Crippen LogP) is 4.21. The van der Waals surface area contributed by atoms with Gasteiger partial charge in [0, 0.05) is 31.2 Å². The molecule has 7 nitrogen and oxygen atoms in total. The summed E-state index contributed by atoms with van der Waals surface area (Å²) >= 11 is 7.44. The van der Waals surface area contributed by atoms with Gasteiger partial charge in [-0.2, -0.15) is 0 Å². The van der Waals surface area contributed by atoms with Gasteiger partial charge in [-0.25, -0.2) is 4.98 Å². The van der Waals surface area contributed by atoms with Gasteiger partial charge in [-0.1, -0.05) is 16.8 Å². The third kappa shape index (κ3) is 4.61. The van der Waals surface area contributed by atoms with Gasteiger partial charge in [-0.05, 0) is 45.7 Å². The monoisotopic (exact) mass is 447 g/mol. The minimum absolute atomic E-state index is 0.0817. The number of carbonyl (C=O) groups excluding carboxylic acids is 1. The van der Waals surface area contributed by atoms with Gasteiger partial charge in [-0.3, -0.25) is 4.79 Å². The highest BCUT2D eigenvalue weighted by Gasteiger charge is 2.25. The Balaban J connectivity index is 1.43. The first-order valence-corrected chi connectivity index (χ1v) is 11.4. The highest BCUT2D eigenvalue weighted by Crippen LogP contribution is 2.31. The van der Waals surface area contributed by atoms with Crippen molar-refractivity contribution in [3.8, 4) is 10.6 Å². The van der Waals surface area contributed by atoms with E-state index in [4.69, 9.17) is 16.1 Å². The second-order valence-electron chi connectivity index (χ2n) is 7.97. The Morgan fingerprint density at radius 3 is 2.80 bits per heavy atom. The minimum Gasteiger partial charge on any atom is -0.355 e. The van der Waals surface area contributed by atoms with Crippen molar-refractivity contribution in [2.24, 2.45) is 0 Å². The Kier molecular flexibility index (Phi) is 6.26. The van der Waals surface area contributed by atoms with E-state index in [0.717, 1.165) is 36.5 Å². The molecule has 1 aliphatic heterocycles. The molecule has 0 atom stereocenters. The van der Waals surface area contributed by atoms with Crippen LogP contribution >= 0.6 is 22.9 Å². The summed E-state index contributed by atoms with van der Waals surface area (Å²) in [6.07, 6.45) is 3.61.